The number of carbonyl (C=O) groups is 1. The van der Waals surface area contributed by atoms with E-state index >= 15 is 0 Å². The van der Waals surface area contributed by atoms with E-state index in [4.69, 9.17) is 10.2 Å². The molecular weight excluding hydrogens is 143 g/mol. The zero-order chi connectivity index (χ0) is 7.86. The number of carboxylic acid groups (broad SMARTS) is 1. The van der Waals surface area contributed by atoms with Crippen molar-refractivity contribution in [3.8, 4) is 0 Å². The van der Waals surface area contributed by atoms with E-state index in [-0.39, 0.29) is 35.1 Å². The van der Waals surface area contributed by atoms with E-state index in [1.165, 1.54) is 6.92 Å². The fourth-order valence-corrected chi connectivity index (χ4v) is 0. The van der Waals surface area contributed by atoms with Gasteiger partial charge in [-0.1, -0.05) is 6.58 Å². The van der Waals surface area contributed by atoms with Gasteiger partial charge >= 0.3 is 35.5 Å². The maximum absolute atomic E-state index is 9.60. The average Bonchev–Trinajstić information content (AvgIpc) is 1.68. The topological polar surface area (TPSA) is 57.5 Å². The second-order valence-corrected chi connectivity index (χ2v) is 1.34. The van der Waals surface area contributed by atoms with Crippen LogP contribution in [0.2, 0.25) is 0 Å². The first kappa shape index (κ1) is 16.6. The van der Waals surface area contributed by atoms with Crippen LogP contribution in [-0.4, -0.2) is 16.2 Å². The third kappa shape index (κ3) is 24.2. The van der Waals surface area contributed by atoms with Crippen LogP contribution in [0.4, 0.5) is 0 Å². The summed E-state index contributed by atoms with van der Waals surface area (Å²) >= 11 is 0. The van der Waals surface area contributed by atoms with Gasteiger partial charge in [0.2, 0.25) is 0 Å². The monoisotopic (exact) mass is 154 g/mol. The minimum atomic E-state index is -0.935. The molecule has 10 heavy (non-hydrogen) atoms. The number of aliphatic carboxylic acids is 1. The van der Waals surface area contributed by atoms with Gasteiger partial charge in [0.15, 0.2) is 0 Å². The van der Waals surface area contributed by atoms with Crippen LogP contribution in [0.1, 0.15) is 13.8 Å². The molecule has 0 heterocycles. The molecule has 0 aliphatic heterocycles. The smallest absolute Gasteiger partial charge is 0.566 e. The summed E-state index contributed by atoms with van der Waals surface area (Å²) in [5.41, 5.74) is 0.176. The van der Waals surface area contributed by atoms with Gasteiger partial charge in [-0.25, -0.2) is 11.4 Å². The molecule has 0 aromatic carbocycles. The molecule has 0 bridgehead atoms. The SMILES string of the molecule is C=C(C)C(=O)O.C[CH-]O.[Na+]. The van der Waals surface area contributed by atoms with E-state index in [0.29, 0.717) is 0 Å². The van der Waals surface area contributed by atoms with E-state index < -0.39 is 5.97 Å². The predicted octanol–water partition coefficient (Wildman–Crippen LogP) is -1.81. The summed E-state index contributed by atoms with van der Waals surface area (Å²) in [7, 11) is 0. The van der Waals surface area contributed by atoms with E-state index in [2.05, 4.69) is 6.58 Å². The quantitative estimate of drug-likeness (QED) is 0.266. The first-order valence-electron chi connectivity index (χ1n) is 2.37. The van der Waals surface area contributed by atoms with E-state index in [1.54, 1.807) is 6.92 Å². The Bertz CT molecular complexity index is 89.2. The molecule has 0 atom stereocenters. The summed E-state index contributed by atoms with van der Waals surface area (Å²) in [4.78, 5) is 9.60. The first-order valence-corrected chi connectivity index (χ1v) is 2.37. The second-order valence-electron chi connectivity index (χ2n) is 1.34. The molecule has 0 aromatic heterocycles. The van der Waals surface area contributed by atoms with Crippen LogP contribution >= 0.6 is 0 Å². The van der Waals surface area contributed by atoms with Crippen LogP contribution in [-0.2, 0) is 4.79 Å². The number of aliphatic hydroxyl groups excluding tert-OH is 1. The molecule has 4 heteroatoms. The van der Waals surface area contributed by atoms with Gasteiger partial charge < -0.3 is 10.2 Å². The van der Waals surface area contributed by atoms with Crippen molar-refractivity contribution in [2.45, 2.75) is 13.8 Å². The Labute approximate surface area is 83.0 Å². The number of rotatable bonds is 1. The number of aliphatic hydroxyl groups is 1. The first-order chi connectivity index (χ1) is 4.06. The standard InChI is InChI=1S/C4H6O2.C2H5O.Na/c1-3(2)4(5)6;1-2-3;/h1H2,2H3,(H,5,6);2-3H,1H3;/q;-1;+1. The van der Waals surface area contributed by atoms with Crippen molar-refractivity contribution in [1.29, 1.82) is 0 Å². The normalized spacial score (nSPS) is 6.30. The Kier molecular flexibility index (Phi) is 19.8. The van der Waals surface area contributed by atoms with E-state index in [0.717, 1.165) is 6.61 Å². The molecule has 0 saturated heterocycles. The molecule has 54 valence electrons. The minimum absolute atomic E-state index is 0. The molecule has 0 aliphatic carbocycles. The van der Waals surface area contributed by atoms with Crippen LogP contribution < -0.4 is 29.6 Å². The summed E-state index contributed by atoms with van der Waals surface area (Å²) in [5.74, 6) is -0.935. The van der Waals surface area contributed by atoms with Crippen LogP contribution in [0.3, 0.4) is 0 Å². The van der Waals surface area contributed by atoms with Crippen LogP contribution in [0, 0.1) is 6.61 Å². The summed E-state index contributed by atoms with van der Waals surface area (Å²) in [6.45, 7) is 7.16. The molecule has 0 saturated carbocycles. The van der Waals surface area contributed by atoms with Gasteiger partial charge in [0.05, 0.1) is 0 Å². The Hall–Kier alpha value is 0.170. The molecule has 0 unspecified atom stereocenters. The van der Waals surface area contributed by atoms with E-state index in [1.807, 2.05) is 0 Å². The fourth-order valence-electron chi connectivity index (χ4n) is 0. The zero-order valence-electron chi connectivity index (χ0n) is 6.59. The summed E-state index contributed by atoms with van der Waals surface area (Å²) in [6, 6.07) is 0. The Balaban J connectivity index is -0.000000107. The largest absolute Gasteiger partial charge is 1.00 e. The van der Waals surface area contributed by atoms with Crippen molar-refractivity contribution in [2.75, 3.05) is 0 Å². The Morgan fingerprint density at radius 2 is 1.70 bits per heavy atom. The zero-order valence-corrected chi connectivity index (χ0v) is 8.59. The fraction of sp³-hybridized carbons (Fsp3) is 0.333. The molecule has 2 N–H and O–H groups in total. The van der Waals surface area contributed by atoms with Gasteiger partial charge in [-0.2, -0.15) is 6.92 Å². The predicted molar refractivity (Wildman–Crippen MR) is 34.4 cm³/mol. The van der Waals surface area contributed by atoms with Crippen LogP contribution in [0.5, 0.6) is 0 Å². The number of carboxylic acids is 1. The number of hydrogen-bond donors (Lipinski definition) is 2. The Morgan fingerprint density at radius 3 is 1.70 bits per heavy atom. The van der Waals surface area contributed by atoms with Gasteiger partial charge in [-0.15, -0.1) is 0 Å². The molecule has 3 nitrogen and oxygen atoms in total. The summed E-state index contributed by atoms with van der Waals surface area (Å²) in [6.07, 6.45) is 0. The third-order valence-electron chi connectivity index (χ3n) is 0.365. The molecule has 0 aromatic rings. The van der Waals surface area contributed by atoms with Gasteiger partial charge in [0.1, 0.15) is 0 Å². The van der Waals surface area contributed by atoms with Crippen molar-refractivity contribution in [3.63, 3.8) is 0 Å². The third-order valence-corrected chi connectivity index (χ3v) is 0.365. The molecule has 0 amide bonds. The maximum atomic E-state index is 9.60. The van der Waals surface area contributed by atoms with Crippen LogP contribution in [0.15, 0.2) is 12.2 Å². The maximum Gasteiger partial charge on any atom is 1.00 e. The van der Waals surface area contributed by atoms with Gasteiger partial charge in [0, 0.05) is 5.57 Å². The van der Waals surface area contributed by atoms with Crippen molar-refractivity contribution in [1.82, 2.24) is 0 Å². The number of hydrogen-bond acceptors (Lipinski definition) is 2. The summed E-state index contributed by atoms with van der Waals surface area (Å²) < 4.78 is 0. The minimum Gasteiger partial charge on any atom is -0.566 e. The van der Waals surface area contributed by atoms with Crippen molar-refractivity contribution in [2.24, 2.45) is 0 Å². The molecule has 0 radical (unpaired) electrons. The van der Waals surface area contributed by atoms with Crippen LogP contribution in [0.25, 0.3) is 0 Å². The van der Waals surface area contributed by atoms with Crippen molar-refractivity contribution < 1.29 is 44.6 Å². The van der Waals surface area contributed by atoms with Crippen molar-refractivity contribution in [3.05, 3.63) is 18.8 Å². The molecule has 0 rings (SSSR count). The van der Waals surface area contributed by atoms with Crippen molar-refractivity contribution >= 4 is 5.97 Å². The second kappa shape index (κ2) is 11.9. The van der Waals surface area contributed by atoms with E-state index in [9.17, 15) is 4.79 Å². The molecule has 0 fully saturated rings. The summed E-state index contributed by atoms with van der Waals surface area (Å²) in [5, 5.41) is 15.3. The molecule has 0 aliphatic rings. The molecular formula is C6H11NaO3. The Morgan fingerprint density at radius 1 is 1.60 bits per heavy atom. The van der Waals surface area contributed by atoms with Gasteiger partial charge in [-0.3, -0.25) is 0 Å². The average molecular weight is 154 g/mol. The van der Waals surface area contributed by atoms with Gasteiger partial charge in [0.25, 0.3) is 0 Å². The molecule has 0 spiro atoms. The van der Waals surface area contributed by atoms with Gasteiger partial charge in [-0.05, 0) is 6.92 Å².